The van der Waals surface area contributed by atoms with Crippen LogP contribution in [0.15, 0.2) is 53.7 Å². The molecule has 0 radical (unpaired) electrons. The van der Waals surface area contributed by atoms with Gasteiger partial charge in [-0.3, -0.25) is 9.69 Å². The summed E-state index contributed by atoms with van der Waals surface area (Å²) in [6, 6.07) is 11.5. The van der Waals surface area contributed by atoms with Crippen molar-refractivity contribution in [2.75, 3.05) is 18.5 Å². The molecule has 0 saturated heterocycles. The van der Waals surface area contributed by atoms with Crippen LogP contribution in [0.2, 0.25) is 5.02 Å². The van der Waals surface area contributed by atoms with E-state index in [1.54, 1.807) is 24.3 Å². The number of aryl methyl sites for hydroxylation is 2. The third kappa shape index (κ3) is 3.76. The van der Waals surface area contributed by atoms with Gasteiger partial charge in [-0.05, 0) is 48.7 Å². The zero-order chi connectivity index (χ0) is 21.4. The fourth-order valence-electron chi connectivity index (χ4n) is 3.62. The Bertz CT molecular complexity index is 1100. The number of nitrogens with one attached hydrogen (secondary N) is 2. The van der Waals surface area contributed by atoms with E-state index in [9.17, 15) is 14.4 Å². The molecule has 2 N–H and O–H groups in total. The molecule has 2 aromatic rings. The summed E-state index contributed by atoms with van der Waals surface area (Å²) in [5, 5.41) is 6.12. The first-order valence-electron chi connectivity index (χ1n) is 9.44. The lowest BCUT2D eigenvalue weighted by Gasteiger charge is -2.32. The first-order chi connectivity index (χ1) is 14.3. The van der Waals surface area contributed by atoms with E-state index >= 15 is 0 Å². The molecule has 4 rings (SSSR count). The summed E-state index contributed by atoms with van der Waals surface area (Å²) < 4.78 is 5.18. The van der Waals surface area contributed by atoms with Gasteiger partial charge in [0.05, 0.1) is 17.3 Å². The second-order valence-corrected chi connectivity index (χ2v) is 7.76. The van der Waals surface area contributed by atoms with Gasteiger partial charge in [-0.25, -0.2) is 9.59 Å². The summed E-state index contributed by atoms with van der Waals surface area (Å²) in [5.41, 5.74) is 3.98. The van der Waals surface area contributed by atoms with E-state index < -0.39 is 18.0 Å². The number of amides is 3. The molecule has 0 aliphatic carbocycles. The average Bonchev–Trinajstić information content (AvgIpc) is 3.08. The molecule has 0 unspecified atom stereocenters. The number of anilines is 1. The van der Waals surface area contributed by atoms with Crippen molar-refractivity contribution in [3.8, 4) is 0 Å². The second-order valence-electron chi connectivity index (χ2n) is 7.33. The highest BCUT2D eigenvalue weighted by Crippen LogP contribution is 2.35. The zero-order valence-corrected chi connectivity index (χ0v) is 17.2. The summed E-state index contributed by atoms with van der Waals surface area (Å²) in [7, 11) is 0. The summed E-state index contributed by atoms with van der Waals surface area (Å²) in [6.07, 6.45) is 0. The Balaban J connectivity index is 1.60. The predicted molar refractivity (Wildman–Crippen MR) is 112 cm³/mol. The van der Waals surface area contributed by atoms with Crippen molar-refractivity contribution in [1.82, 2.24) is 10.2 Å². The van der Waals surface area contributed by atoms with E-state index in [1.165, 1.54) is 4.90 Å². The molecule has 0 fully saturated rings. The second kappa shape index (κ2) is 7.84. The third-order valence-corrected chi connectivity index (χ3v) is 5.38. The lowest BCUT2D eigenvalue weighted by molar-refractivity contribution is -0.136. The van der Waals surface area contributed by atoms with E-state index in [2.05, 4.69) is 10.6 Å². The van der Waals surface area contributed by atoms with Crippen LogP contribution in [0.4, 0.5) is 10.5 Å². The first-order valence-corrected chi connectivity index (χ1v) is 9.82. The average molecular weight is 426 g/mol. The van der Waals surface area contributed by atoms with Crippen LogP contribution in [-0.4, -0.2) is 36.0 Å². The quantitative estimate of drug-likeness (QED) is 0.734. The zero-order valence-electron chi connectivity index (χ0n) is 16.5. The van der Waals surface area contributed by atoms with Gasteiger partial charge < -0.3 is 15.4 Å². The maximum absolute atomic E-state index is 12.8. The van der Waals surface area contributed by atoms with Crippen molar-refractivity contribution in [2.24, 2.45) is 0 Å². The number of urea groups is 1. The number of ether oxygens (including phenoxy) is 1. The van der Waals surface area contributed by atoms with Gasteiger partial charge in [-0.15, -0.1) is 0 Å². The van der Waals surface area contributed by atoms with Crippen LogP contribution in [0.3, 0.4) is 0 Å². The van der Waals surface area contributed by atoms with Crippen LogP contribution in [-0.2, 0) is 14.3 Å². The van der Waals surface area contributed by atoms with Gasteiger partial charge in [0.2, 0.25) is 5.91 Å². The Labute approximate surface area is 178 Å². The molecule has 0 bridgehead atoms. The minimum atomic E-state index is -0.681. The molecule has 7 nitrogen and oxygen atoms in total. The van der Waals surface area contributed by atoms with Crippen molar-refractivity contribution in [2.45, 2.75) is 19.9 Å². The van der Waals surface area contributed by atoms with Crippen LogP contribution in [0.5, 0.6) is 0 Å². The molecule has 2 aromatic carbocycles. The van der Waals surface area contributed by atoms with Crippen LogP contribution in [0.25, 0.3) is 0 Å². The van der Waals surface area contributed by atoms with Crippen LogP contribution < -0.4 is 10.6 Å². The Morgan fingerprint density at radius 2 is 2.03 bits per heavy atom. The molecule has 2 aliphatic heterocycles. The van der Waals surface area contributed by atoms with Gasteiger partial charge in [0, 0.05) is 10.7 Å². The first kappa shape index (κ1) is 20.0. The lowest BCUT2D eigenvalue weighted by atomic mass is 9.96. The number of esters is 1. The molecule has 2 aliphatic rings. The predicted octanol–water partition coefficient (Wildman–Crippen LogP) is 3.47. The third-order valence-electron chi connectivity index (χ3n) is 5.15. The van der Waals surface area contributed by atoms with E-state index in [1.807, 2.05) is 32.0 Å². The number of nitrogens with zero attached hydrogens (tertiary/aromatic N) is 1. The number of carbonyl (C=O) groups is 3. The Morgan fingerprint density at radius 3 is 2.80 bits per heavy atom. The van der Waals surface area contributed by atoms with Crippen LogP contribution >= 0.6 is 11.6 Å². The van der Waals surface area contributed by atoms with Gasteiger partial charge in [0.1, 0.15) is 13.2 Å². The molecule has 8 heteroatoms. The van der Waals surface area contributed by atoms with Gasteiger partial charge in [-0.2, -0.15) is 0 Å². The monoisotopic (exact) mass is 425 g/mol. The molecule has 2 heterocycles. The Hall–Kier alpha value is -3.32. The summed E-state index contributed by atoms with van der Waals surface area (Å²) in [4.78, 5) is 39.1. The number of carbonyl (C=O) groups excluding carboxylic acids is 3. The lowest BCUT2D eigenvalue weighted by Crippen LogP contribution is -2.49. The standard InChI is InChI=1S/C22H20ClN3O4/c1-12-6-7-13(2)16(8-12)24-18(27)10-26-17-11-30-21(28)19(17)20(25-22(26)29)14-4-3-5-15(23)9-14/h3-9,20H,10-11H2,1-2H3,(H,24,27)(H,25,29)/t20-/m1/s1. The normalized spacial score (nSPS) is 18.1. The molecule has 0 aromatic heterocycles. The number of cyclic esters (lactones) is 1. The van der Waals surface area contributed by atoms with Crippen molar-refractivity contribution in [1.29, 1.82) is 0 Å². The molecular formula is C22H20ClN3O4. The smallest absolute Gasteiger partial charge is 0.338 e. The molecule has 30 heavy (non-hydrogen) atoms. The summed E-state index contributed by atoms with van der Waals surface area (Å²) in [5.74, 6) is -0.888. The van der Waals surface area contributed by atoms with Crippen molar-refractivity contribution < 1.29 is 19.1 Å². The molecule has 154 valence electrons. The summed E-state index contributed by atoms with van der Waals surface area (Å²) in [6.45, 7) is 3.52. The molecule has 3 amide bonds. The highest BCUT2D eigenvalue weighted by molar-refractivity contribution is 6.30. The minimum absolute atomic E-state index is 0.0601. The largest absolute Gasteiger partial charge is 0.456 e. The van der Waals surface area contributed by atoms with Crippen molar-refractivity contribution in [3.05, 3.63) is 75.4 Å². The van der Waals surface area contributed by atoms with E-state index in [-0.39, 0.29) is 19.1 Å². The van der Waals surface area contributed by atoms with Crippen molar-refractivity contribution >= 4 is 35.2 Å². The number of rotatable bonds is 4. The number of benzene rings is 2. The van der Waals surface area contributed by atoms with Gasteiger partial charge in [0.25, 0.3) is 0 Å². The number of hydrogen-bond acceptors (Lipinski definition) is 4. The highest BCUT2D eigenvalue weighted by atomic mass is 35.5. The SMILES string of the molecule is Cc1ccc(C)c(NC(=O)CN2C(=O)N[C@H](c3cccc(Cl)c3)C3=C2COC3=O)c1. The molecule has 0 saturated carbocycles. The topological polar surface area (TPSA) is 87.7 Å². The minimum Gasteiger partial charge on any atom is -0.456 e. The molecule has 1 atom stereocenters. The maximum atomic E-state index is 12.8. The summed E-state index contributed by atoms with van der Waals surface area (Å²) >= 11 is 6.07. The van der Waals surface area contributed by atoms with E-state index in [4.69, 9.17) is 16.3 Å². The fourth-order valence-corrected chi connectivity index (χ4v) is 3.82. The van der Waals surface area contributed by atoms with E-state index in [0.29, 0.717) is 27.5 Å². The van der Waals surface area contributed by atoms with Crippen molar-refractivity contribution in [3.63, 3.8) is 0 Å². The Kier molecular flexibility index (Phi) is 5.22. The maximum Gasteiger partial charge on any atom is 0.338 e. The number of halogens is 1. The van der Waals surface area contributed by atoms with Gasteiger partial charge in [0.15, 0.2) is 0 Å². The van der Waals surface area contributed by atoms with Gasteiger partial charge in [-0.1, -0.05) is 35.9 Å². The molecular weight excluding hydrogens is 406 g/mol. The fraction of sp³-hybridized carbons (Fsp3) is 0.227. The molecule has 0 spiro atoms. The van der Waals surface area contributed by atoms with Gasteiger partial charge >= 0.3 is 12.0 Å². The Morgan fingerprint density at radius 1 is 1.23 bits per heavy atom. The van der Waals surface area contributed by atoms with Crippen LogP contribution in [0, 0.1) is 13.8 Å². The van der Waals surface area contributed by atoms with Crippen LogP contribution in [0.1, 0.15) is 22.7 Å². The van der Waals surface area contributed by atoms with E-state index in [0.717, 1.165) is 11.1 Å². The highest BCUT2D eigenvalue weighted by Gasteiger charge is 2.42. The number of hydrogen-bond donors (Lipinski definition) is 2.